The van der Waals surface area contributed by atoms with Crippen LogP contribution in [-0.4, -0.2) is 37.5 Å². The van der Waals surface area contributed by atoms with Gasteiger partial charge in [-0.2, -0.15) is 0 Å². The minimum atomic E-state index is -0.497. The first-order chi connectivity index (χ1) is 10.7. The second-order valence-corrected chi connectivity index (χ2v) is 6.89. The number of hydrogen-bond donors (Lipinski definition) is 1. The van der Waals surface area contributed by atoms with Crippen molar-refractivity contribution in [1.82, 2.24) is 5.32 Å². The molecule has 1 atom stereocenters. The topological polar surface area (TPSA) is 56.8 Å². The minimum absolute atomic E-state index is 0.274. The molecule has 0 spiro atoms. The molecule has 5 nitrogen and oxygen atoms in total. The van der Waals surface area contributed by atoms with E-state index in [4.69, 9.17) is 14.0 Å². The van der Waals surface area contributed by atoms with Gasteiger partial charge in [-0.25, -0.2) is 4.79 Å². The number of alkyl carbamates (subject to hydrolysis) is 1. The molecule has 1 N–H and O–H groups in total. The van der Waals surface area contributed by atoms with Crippen LogP contribution in [0.25, 0.3) is 0 Å². The number of benzene rings is 1. The molecular formula is C17H26BNO4. The summed E-state index contributed by atoms with van der Waals surface area (Å²) >= 11 is 0. The molecule has 1 aromatic rings. The number of rotatable bonds is 5. The Morgan fingerprint density at radius 1 is 1.17 bits per heavy atom. The Balaban J connectivity index is 2.07. The van der Waals surface area contributed by atoms with E-state index in [1.54, 1.807) is 0 Å². The van der Waals surface area contributed by atoms with Crippen LogP contribution in [0.3, 0.4) is 0 Å². The third-order valence-electron chi connectivity index (χ3n) is 4.68. The van der Waals surface area contributed by atoms with Crippen LogP contribution in [0.4, 0.5) is 4.79 Å². The van der Waals surface area contributed by atoms with Crippen molar-refractivity contribution in [2.45, 2.75) is 57.7 Å². The van der Waals surface area contributed by atoms with E-state index in [0.717, 1.165) is 6.42 Å². The van der Waals surface area contributed by atoms with E-state index >= 15 is 0 Å². The number of aryl methyl sites for hydroxylation is 1. The molecule has 6 heteroatoms. The maximum atomic E-state index is 11.7. The molecular weight excluding hydrogens is 293 g/mol. The second kappa shape index (κ2) is 6.93. The first-order valence-corrected chi connectivity index (χ1v) is 7.99. The normalized spacial score (nSPS) is 20.1. The van der Waals surface area contributed by atoms with Gasteiger partial charge in [0, 0.05) is 0 Å². The van der Waals surface area contributed by atoms with Crippen molar-refractivity contribution in [1.29, 1.82) is 0 Å². The number of hydrogen-bond acceptors (Lipinski definition) is 4. The number of carbonyl (C=O) groups excluding carboxylic acids is 1. The molecule has 0 aliphatic carbocycles. The minimum Gasteiger partial charge on any atom is -0.453 e. The van der Waals surface area contributed by atoms with Crippen molar-refractivity contribution >= 4 is 13.2 Å². The molecule has 1 aliphatic heterocycles. The van der Waals surface area contributed by atoms with Crippen molar-refractivity contribution in [2.75, 3.05) is 7.11 Å². The van der Waals surface area contributed by atoms with Crippen molar-refractivity contribution < 1.29 is 18.8 Å². The fraction of sp³-hybridized carbons (Fsp3) is 0.588. The Kier molecular flexibility index (Phi) is 5.37. The quantitative estimate of drug-likeness (QED) is 0.848. The molecule has 1 aliphatic rings. The van der Waals surface area contributed by atoms with E-state index in [0.29, 0.717) is 6.42 Å². The Labute approximate surface area is 138 Å². The van der Waals surface area contributed by atoms with Crippen LogP contribution in [0.5, 0.6) is 0 Å². The monoisotopic (exact) mass is 319 g/mol. The molecule has 0 radical (unpaired) electrons. The zero-order valence-corrected chi connectivity index (χ0v) is 14.6. The summed E-state index contributed by atoms with van der Waals surface area (Å²) in [5, 5.41) is 2.84. The fourth-order valence-corrected chi connectivity index (χ4v) is 2.51. The number of methoxy groups -OCH3 is 1. The van der Waals surface area contributed by atoms with E-state index in [1.165, 1.54) is 12.7 Å². The predicted molar refractivity (Wildman–Crippen MR) is 90.2 cm³/mol. The maximum absolute atomic E-state index is 11.7. The van der Waals surface area contributed by atoms with E-state index in [-0.39, 0.29) is 5.94 Å². The highest BCUT2D eigenvalue weighted by molar-refractivity contribution is 6.48. The van der Waals surface area contributed by atoms with Crippen LogP contribution in [0.1, 0.15) is 39.7 Å². The van der Waals surface area contributed by atoms with Gasteiger partial charge in [-0.1, -0.05) is 30.3 Å². The number of amides is 1. The molecule has 0 bridgehead atoms. The number of carbonyl (C=O) groups is 1. The smallest absolute Gasteiger partial charge is 0.453 e. The van der Waals surface area contributed by atoms with Gasteiger partial charge in [0.15, 0.2) is 0 Å². The average Bonchev–Trinajstić information content (AvgIpc) is 2.72. The van der Waals surface area contributed by atoms with Crippen molar-refractivity contribution in [2.24, 2.45) is 0 Å². The van der Waals surface area contributed by atoms with E-state index in [2.05, 4.69) is 17.4 Å². The van der Waals surface area contributed by atoms with Crippen LogP contribution in [0.15, 0.2) is 30.3 Å². The van der Waals surface area contributed by atoms with Crippen molar-refractivity contribution in [3.63, 3.8) is 0 Å². The first-order valence-electron chi connectivity index (χ1n) is 7.99. The average molecular weight is 319 g/mol. The zero-order valence-electron chi connectivity index (χ0n) is 14.6. The van der Waals surface area contributed by atoms with Crippen molar-refractivity contribution in [3.05, 3.63) is 35.9 Å². The van der Waals surface area contributed by atoms with Crippen molar-refractivity contribution in [3.8, 4) is 0 Å². The van der Waals surface area contributed by atoms with E-state index in [1.807, 2.05) is 45.9 Å². The molecule has 1 fully saturated rings. The lowest BCUT2D eigenvalue weighted by atomic mass is 9.75. The fourth-order valence-electron chi connectivity index (χ4n) is 2.51. The van der Waals surface area contributed by atoms with E-state index < -0.39 is 24.4 Å². The molecule has 0 saturated carbocycles. The Morgan fingerprint density at radius 3 is 2.26 bits per heavy atom. The molecule has 126 valence electrons. The molecule has 1 saturated heterocycles. The van der Waals surface area contributed by atoms with Crippen LogP contribution >= 0.6 is 0 Å². The maximum Gasteiger partial charge on any atom is 0.482 e. The van der Waals surface area contributed by atoms with Gasteiger partial charge in [0.05, 0.1) is 24.3 Å². The molecule has 1 aromatic carbocycles. The van der Waals surface area contributed by atoms with Gasteiger partial charge in [-0.3, -0.25) is 0 Å². The largest absolute Gasteiger partial charge is 0.482 e. The summed E-state index contributed by atoms with van der Waals surface area (Å²) in [4.78, 5) is 11.7. The Morgan fingerprint density at radius 2 is 1.74 bits per heavy atom. The van der Waals surface area contributed by atoms with Gasteiger partial charge in [-0.15, -0.1) is 0 Å². The lowest BCUT2D eigenvalue weighted by Crippen LogP contribution is -2.48. The van der Waals surface area contributed by atoms with Crippen LogP contribution < -0.4 is 5.32 Å². The third-order valence-corrected chi connectivity index (χ3v) is 4.68. The van der Waals surface area contributed by atoms with Gasteiger partial charge >= 0.3 is 13.2 Å². The van der Waals surface area contributed by atoms with E-state index in [9.17, 15) is 4.79 Å². The summed E-state index contributed by atoms with van der Waals surface area (Å²) in [6.45, 7) is 8.00. The molecule has 1 heterocycles. The third kappa shape index (κ3) is 4.27. The summed E-state index contributed by atoms with van der Waals surface area (Å²) in [5.74, 6) is -0.274. The highest BCUT2D eigenvalue weighted by Crippen LogP contribution is 2.38. The summed E-state index contributed by atoms with van der Waals surface area (Å²) in [5.41, 5.74) is 0.349. The highest BCUT2D eigenvalue weighted by atomic mass is 16.7. The van der Waals surface area contributed by atoms with Gasteiger partial charge in [0.25, 0.3) is 0 Å². The molecule has 23 heavy (non-hydrogen) atoms. The van der Waals surface area contributed by atoms with Crippen LogP contribution in [0, 0.1) is 0 Å². The lowest BCUT2D eigenvalue weighted by molar-refractivity contribution is 0.00578. The predicted octanol–water partition coefficient (Wildman–Crippen LogP) is 2.98. The van der Waals surface area contributed by atoms with Gasteiger partial charge in [0.1, 0.15) is 0 Å². The SMILES string of the molecule is COC(=O)N[C@@H](CCc1ccccc1)B1OC(C)(C)C(C)(C)O1. The number of nitrogens with one attached hydrogen (secondary N) is 1. The lowest BCUT2D eigenvalue weighted by Gasteiger charge is -2.32. The van der Waals surface area contributed by atoms with Gasteiger partial charge in [0.2, 0.25) is 0 Å². The standard InChI is InChI=1S/C17H26BNO4/c1-16(2)17(3,4)23-18(22-16)14(19-15(20)21-5)12-11-13-9-7-6-8-10-13/h6-10,14H,11-12H2,1-5H3,(H,19,20)/t14-/m0/s1. The zero-order chi connectivity index (χ0) is 17.1. The molecule has 0 unspecified atom stereocenters. The van der Waals surface area contributed by atoms with Crippen LogP contribution in [-0.2, 0) is 20.5 Å². The molecule has 0 aromatic heterocycles. The van der Waals surface area contributed by atoms with Gasteiger partial charge < -0.3 is 19.4 Å². The molecule has 1 amide bonds. The second-order valence-electron chi connectivity index (χ2n) is 6.89. The summed E-state index contributed by atoms with van der Waals surface area (Å²) in [6, 6.07) is 10.1. The highest BCUT2D eigenvalue weighted by Gasteiger charge is 2.54. The summed E-state index contributed by atoms with van der Waals surface area (Å²) in [6.07, 6.45) is 1.05. The first kappa shape index (κ1) is 17.8. The molecule has 2 rings (SSSR count). The Hall–Kier alpha value is -1.53. The van der Waals surface area contributed by atoms with Crippen LogP contribution in [0.2, 0.25) is 0 Å². The Bertz CT molecular complexity index is 517. The summed E-state index contributed by atoms with van der Waals surface area (Å²) < 4.78 is 16.9. The summed E-state index contributed by atoms with van der Waals surface area (Å²) in [7, 11) is 0.858. The number of ether oxygens (including phenoxy) is 1. The van der Waals surface area contributed by atoms with Gasteiger partial charge in [-0.05, 0) is 46.1 Å².